The van der Waals surface area contributed by atoms with Gasteiger partial charge in [0.25, 0.3) is 0 Å². The van der Waals surface area contributed by atoms with Crippen LogP contribution in [0.2, 0.25) is 5.02 Å². The number of anilines is 1. The van der Waals surface area contributed by atoms with E-state index >= 15 is 0 Å². The zero-order valence-electron chi connectivity index (χ0n) is 13.9. The summed E-state index contributed by atoms with van der Waals surface area (Å²) in [6.45, 7) is 4.99. The molecule has 26 heavy (non-hydrogen) atoms. The molecule has 1 N–H and O–H groups in total. The summed E-state index contributed by atoms with van der Waals surface area (Å²) in [6.07, 6.45) is 1.72. The van der Waals surface area contributed by atoms with Crippen LogP contribution in [0.3, 0.4) is 0 Å². The lowest BCUT2D eigenvalue weighted by molar-refractivity contribution is 0.306. The van der Waals surface area contributed by atoms with Gasteiger partial charge < -0.3 is 10.1 Å². The number of hydrogen-bond donors (Lipinski definition) is 1. The maximum Gasteiger partial charge on any atom is 0.243 e. The predicted molar refractivity (Wildman–Crippen MR) is 97.5 cm³/mol. The first-order chi connectivity index (χ1) is 12.7. The maximum absolute atomic E-state index is 13.1. The van der Waals surface area contributed by atoms with Crippen molar-refractivity contribution < 1.29 is 9.13 Å². The first-order valence-electron chi connectivity index (χ1n) is 7.92. The number of benzene rings is 2. The zero-order valence-corrected chi connectivity index (χ0v) is 14.7. The SMILES string of the molecule is C=CCn1nnnc1NCc1cccc(OCc2ccc(F)cc2Cl)c1. The summed E-state index contributed by atoms with van der Waals surface area (Å²) in [5, 5.41) is 15.0. The molecule has 2 aromatic carbocycles. The molecule has 6 nitrogen and oxygen atoms in total. The molecule has 0 bridgehead atoms. The van der Waals surface area contributed by atoms with Crippen LogP contribution >= 0.6 is 11.6 Å². The van der Waals surface area contributed by atoms with Crippen molar-refractivity contribution >= 4 is 17.5 Å². The average molecular weight is 374 g/mol. The first kappa shape index (κ1) is 17.9. The normalized spacial score (nSPS) is 10.5. The van der Waals surface area contributed by atoms with Gasteiger partial charge >= 0.3 is 0 Å². The van der Waals surface area contributed by atoms with E-state index in [0.29, 0.717) is 29.8 Å². The van der Waals surface area contributed by atoms with Gasteiger partial charge in [0.15, 0.2) is 0 Å². The highest BCUT2D eigenvalue weighted by Gasteiger charge is 2.06. The Bertz CT molecular complexity index is 899. The minimum absolute atomic E-state index is 0.258. The highest BCUT2D eigenvalue weighted by Crippen LogP contribution is 2.21. The Labute approximate surface area is 155 Å². The van der Waals surface area contributed by atoms with E-state index in [4.69, 9.17) is 16.3 Å². The van der Waals surface area contributed by atoms with Crippen LogP contribution in [0.4, 0.5) is 10.3 Å². The Morgan fingerprint density at radius 3 is 2.96 bits per heavy atom. The van der Waals surface area contributed by atoms with Crippen molar-refractivity contribution in [3.8, 4) is 5.75 Å². The molecular weight excluding hydrogens is 357 g/mol. The lowest BCUT2D eigenvalue weighted by atomic mass is 10.2. The van der Waals surface area contributed by atoms with E-state index in [2.05, 4.69) is 27.4 Å². The van der Waals surface area contributed by atoms with Gasteiger partial charge in [-0.3, -0.25) is 0 Å². The minimum atomic E-state index is -0.370. The molecule has 0 aliphatic carbocycles. The van der Waals surface area contributed by atoms with Crippen molar-refractivity contribution in [2.24, 2.45) is 0 Å². The fourth-order valence-corrected chi connectivity index (χ4v) is 2.52. The molecule has 0 radical (unpaired) electrons. The van der Waals surface area contributed by atoms with E-state index < -0.39 is 0 Å². The molecule has 0 fully saturated rings. The molecule has 8 heteroatoms. The lowest BCUT2D eigenvalue weighted by Crippen LogP contribution is -2.08. The van der Waals surface area contributed by atoms with Crippen LogP contribution in [0, 0.1) is 5.82 Å². The van der Waals surface area contributed by atoms with Crippen LogP contribution in [-0.4, -0.2) is 20.2 Å². The molecular formula is C18H17ClFN5O. The van der Waals surface area contributed by atoms with Gasteiger partial charge in [0, 0.05) is 12.1 Å². The number of rotatable bonds is 8. The summed E-state index contributed by atoms with van der Waals surface area (Å²) < 4.78 is 20.5. The third-order valence-corrected chi connectivity index (χ3v) is 3.94. The second-order valence-corrected chi connectivity index (χ2v) is 5.91. The third-order valence-electron chi connectivity index (χ3n) is 3.59. The average Bonchev–Trinajstić information content (AvgIpc) is 3.07. The summed E-state index contributed by atoms with van der Waals surface area (Å²) in [7, 11) is 0. The summed E-state index contributed by atoms with van der Waals surface area (Å²) in [5.74, 6) is 0.885. The summed E-state index contributed by atoms with van der Waals surface area (Å²) in [5.41, 5.74) is 1.72. The van der Waals surface area contributed by atoms with Crippen LogP contribution in [0.5, 0.6) is 5.75 Å². The van der Waals surface area contributed by atoms with E-state index in [1.165, 1.54) is 12.1 Å². The summed E-state index contributed by atoms with van der Waals surface area (Å²) in [4.78, 5) is 0. The number of nitrogens with one attached hydrogen (secondary N) is 1. The highest BCUT2D eigenvalue weighted by molar-refractivity contribution is 6.31. The molecule has 0 aliphatic heterocycles. The van der Waals surface area contributed by atoms with Crippen LogP contribution in [0.15, 0.2) is 55.1 Å². The van der Waals surface area contributed by atoms with Crippen LogP contribution in [-0.2, 0) is 19.7 Å². The lowest BCUT2D eigenvalue weighted by Gasteiger charge is -2.10. The third kappa shape index (κ3) is 4.58. The summed E-state index contributed by atoms with van der Waals surface area (Å²) >= 11 is 6.02. The Kier molecular flexibility index (Phi) is 5.80. The highest BCUT2D eigenvalue weighted by atomic mass is 35.5. The standard InChI is InChI=1S/C18H17ClFN5O/c1-2-8-25-18(22-23-24-25)21-11-13-4-3-5-16(9-13)26-12-14-6-7-15(20)10-17(14)19/h2-7,9-10H,1,8,11-12H2,(H,21,22,24). The van der Waals surface area contributed by atoms with Gasteiger partial charge in [0.2, 0.25) is 5.95 Å². The van der Waals surface area contributed by atoms with E-state index in [-0.39, 0.29) is 12.4 Å². The molecule has 1 aromatic heterocycles. The molecule has 134 valence electrons. The van der Waals surface area contributed by atoms with Crippen LogP contribution in [0.1, 0.15) is 11.1 Å². The van der Waals surface area contributed by atoms with Crippen molar-refractivity contribution in [1.29, 1.82) is 0 Å². The van der Waals surface area contributed by atoms with Crippen LogP contribution in [0.25, 0.3) is 0 Å². The van der Waals surface area contributed by atoms with E-state index in [0.717, 1.165) is 11.1 Å². The first-order valence-corrected chi connectivity index (χ1v) is 8.30. The van der Waals surface area contributed by atoms with E-state index in [1.807, 2.05) is 24.3 Å². The molecule has 0 atom stereocenters. The number of ether oxygens (including phenoxy) is 1. The number of nitrogens with zero attached hydrogens (tertiary/aromatic N) is 4. The number of allylic oxidation sites excluding steroid dienone is 1. The van der Waals surface area contributed by atoms with Crippen LogP contribution < -0.4 is 10.1 Å². The van der Waals surface area contributed by atoms with Gasteiger partial charge in [-0.05, 0) is 40.3 Å². The molecule has 0 unspecified atom stereocenters. The van der Waals surface area contributed by atoms with Gasteiger partial charge in [-0.15, -0.1) is 6.58 Å². The predicted octanol–water partition coefficient (Wildman–Crippen LogP) is 3.84. The Hall–Kier alpha value is -2.93. The monoisotopic (exact) mass is 373 g/mol. The van der Waals surface area contributed by atoms with Gasteiger partial charge in [-0.25, -0.2) is 9.07 Å². The van der Waals surface area contributed by atoms with Crippen molar-refractivity contribution in [2.45, 2.75) is 19.7 Å². The number of tetrazole rings is 1. The van der Waals surface area contributed by atoms with Gasteiger partial charge in [-0.2, -0.15) is 0 Å². The Balaban J connectivity index is 1.61. The van der Waals surface area contributed by atoms with Gasteiger partial charge in [-0.1, -0.05) is 41.0 Å². The molecule has 0 spiro atoms. The van der Waals surface area contributed by atoms with Crippen molar-refractivity contribution in [3.63, 3.8) is 0 Å². The summed E-state index contributed by atoms with van der Waals surface area (Å²) in [6, 6.07) is 11.9. The molecule has 1 heterocycles. The van der Waals surface area contributed by atoms with Crippen molar-refractivity contribution in [2.75, 3.05) is 5.32 Å². The molecule has 3 rings (SSSR count). The maximum atomic E-state index is 13.1. The second kappa shape index (κ2) is 8.44. The fourth-order valence-electron chi connectivity index (χ4n) is 2.30. The number of aromatic nitrogens is 4. The minimum Gasteiger partial charge on any atom is -0.489 e. The van der Waals surface area contributed by atoms with Gasteiger partial charge in [0.1, 0.15) is 18.2 Å². The van der Waals surface area contributed by atoms with Crippen molar-refractivity contribution in [3.05, 3.63) is 77.1 Å². The second-order valence-electron chi connectivity index (χ2n) is 5.50. The molecule has 0 amide bonds. The smallest absolute Gasteiger partial charge is 0.243 e. The molecule has 0 saturated carbocycles. The molecule has 3 aromatic rings. The number of hydrogen-bond acceptors (Lipinski definition) is 5. The topological polar surface area (TPSA) is 64.9 Å². The van der Waals surface area contributed by atoms with Crippen molar-refractivity contribution in [1.82, 2.24) is 20.2 Å². The largest absolute Gasteiger partial charge is 0.489 e. The zero-order chi connectivity index (χ0) is 18.4. The fraction of sp³-hybridized carbons (Fsp3) is 0.167. The molecule has 0 saturated heterocycles. The Morgan fingerprint density at radius 1 is 1.27 bits per heavy atom. The number of halogens is 2. The van der Waals surface area contributed by atoms with E-state index in [9.17, 15) is 4.39 Å². The van der Waals surface area contributed by atoms with Gasteiger partial charge in [0.05, 0.1) is 11.6 Å². The van der Waals surface area contributed by atoms with E-state index in [1.54, 1.807) is 16.8 Å². The Morgan fingerprint density at radius 2 is 2.15 bits per heavy atom. The quantitative estimate of drug-likeness (QED) is 0.608. The molecule has 0 aliphatic rings.